The largest absolute Gasteiger partial charge is 0.366 e. The molecule has 3 aromatic rings. The van der Waals surface area contributed by atoms with E-state index in [9.17, 15) is 0 Å². The van der Waals surface area contributed by atoms with Gasteiger partial charge in [0.2, 0.25) is 0 Å². The topological polar surface area (TPSA) is 49.8 Å². The highest BCUT2D eigenvalue weighted by atomic mass is 35.5. The van der Waals surface area contributed by atoms with Crippen LogP contribution in [0.2, 0.25) is 5.02 Å². The van der Waals surface area contributed by atoms with Crippen molar-refractivity contribution in [1.82, 2.24) is 9.97 Å². The standard InChI is InChI=1S/C19H19ClN4/c1-14-4-2-3-5-16(14)12-22-19-10-18(23-13-24-19)21-11-15-6-8-17(20)9-7-15/h2-10,13H,11-12H2,1H3,(H2,21,22,23,24). The van der Waals surface area contributed by atoms with Gasteiger partial charge in [0.15, 0.2) is 0 Å². The molecule has 0 aliphatic heterocycles. The first-order chi connectivity index (χ1) is 11.7. The minimum absolute atomic E-state index is 0.686. The Morgan fingerprint density at radius 3 is 2.25 bits per heavy atom. The average Bonchev–Trinajstić information content (AvgIpc) is 2.61. The van der Waals surface area contributed by atoms with E-state index in [2.05, 4.69) is 39.7 Å². The number of aromatic nitrogens is 2. The number of aryl methyl sites for hydroxylation is 1. The molecule has 0 amide bonds. The van der Waals surface area contributed by atoms with Gasteiger partial charge in [-0.05, 0) is 35.7 Å². The Morgan fingerprint density at radius 1 is 0.875 bits per heavy atom. The summed E-state index contributed by atoms with van der Waals surface area (Å²) in [7, 11) is 0. The second-order valence-electron chi connectivity index (χ2n) is 5.55. The van der Waals surface area contributed by atoms with Crippen molar-refractivity contribution >= 4 is 23.2 Å². The van der Waals surface area contributed by atoms with Crippen LogP contribution in [-0.4, -0.2) is 9.97 Å². The molecule has 0 bridgehead atoms. The summed E-state index contributed by atoms with van der Waals surface area (Å²) < 4.78 is 0. The molecule has 0 unspecified atom stereocenters. The van der Waals surface area contributed by atoms with Gasteiger partial charge < -0.3 is 10.6 Å². The summed E-state index contributed by atoms with van der Waals surface area (Å²) >= 11 is 5.90. The van der Waals surface area contributed by atoms with Gasteiger partial charge in [0.1, 0.15) is 18.0 Å². The predicted octanol–water partition coefficient (Wildman–Crippen LogP) is 4.66. The van der Waals surface area contributed by atoms with E-state index in [4.69, 9.17) is 11.6 Å². The van der Waals surface area contributed by atoms with Crippen molar-refractivity contribution in [3.05, 3.63) is 82.6 Å². The fourth-order valence-electron chi connectivity index (χ4n) is 2.34. The van der Waals surface area contributed by atoms with Crippen LogP contribution in [-0.2, 0) is 13.1 Å². The molecule has 0 saturated carbocycles. The Morgan fingerprint density at radius 2 is 1.54 bits per heavy atom. The number of hydrogen-bond acceptors (Lipinski definition) is 4. The molecule has 0 saturated heterocycles. The Labute approximate surface area is 146 Å². The van der Waals surface area contributed by atoms with Crippen molar-refractivity contribution in [2.75, 3.05) is 10.6 Å². The minimum atomic E-state index is 0.686. The van der Waals surface area contributed by atoms with Crippen LogP contribution < -0.4 is 10.6 Å². The summed E-state index contributed by atoms with van der Waals surface area (Å²) in [4.78, 5) is 8.53. The molecule has 2 aromatic carbocycles. The maximum atomic E-state index is 5.90. The molecule has 4 nitrogen and oxygen atoms in total. The van der Waals surface area contributed by atoms with Crippen molar-refractivity contribution in [3.8, 4) is 0 Å². The quantitative estimate of drug-likeness (QED) is 0.686. The first kappa shape index (κ1) is 16.3. The van der Waals surface area contributed by atoms with Crippen LogP contribution in [0.5, 0.6) is 0 Å². The summed E-state index contributed by atoms with van der Waals surface area (Å²) in [5.41, 5.74) is 3.67. The SMILES string of the molecule is Cc1ccccc1CNc1cc(NCc2ccc(Cl)cc2)ncn1. The van der Waals surface area contributed by atoms with Crippen molar-refractivity contribution in [3.63, 3.8) is 0 Å². The number of rotatable bonds is 6. The molecule has 0 fully saturated rings. The third-order valence-electron chi connectivity index (χ3n) is 3.78. The van der Waals surface area contributed by atoms with E-state index in [0.717, 1.165) is 28.8 Å². The zero-order valence-electron chi connectivity index (χ0n) is 13.5. The molecule has 5 heteroatoms. The molecule has 0 aliphatic carbocycles. The van der Waals surface area contributed by atoms with E-state index in [1.54, 1.807) is 6.33 Å². The number of nitrogens with one attached hydrogen (secondary N) is 2. The van der Waals surface area contributed by atoms with E-state index < -0.39 is 0 Å². The fraction of sp³-hybridized carbons (Fsp3) is 0.158. The van der Waals surface area contributed by atoms with E-state index >= 15 is 0 Å². The molecular formula is C19H19ClN4. The highest BCUT2D eigenvalue weighted by Crippen LogP contribution is 2.14. The smallest absolute Gasteiger partial charge is 0.131 e. The molecule has 0 radical (unpaired) electrons. The van der Waals surface area contributed by atoms with Crippen LogP contribution in [0.25, 0.3) is 0 Å². The second-order valence-corrected chi connectivity index (χ2v) is 5.98. The summed E-state index contributed by atoms with van der Waals surface area (Å²) in [5.74, 6) is 1.58. The molecular weight excluding hydrogens is 320 g/mol. The molecule has 3 rings (SSSR count). The van der Waals surface area contributed by atoms with Crippen molar-refractivity contribution in [1.29, 1.82) is 0 Å². The van der Waals surface area contributed by atoms with Crippen LogP contribution in [0.15, 0.2) is 60.9 Å². The van der Waals surface area contributed by atoms with Crippen LogP contribution in [0, 0.1) is 6.92 Å². The van der Waals surface area contributed by atoms with Crippen molar-refractivity contribution in [2.24, 2.45) is 0 Å². The Bertz CT molecular complexity index is 802. The average molecular weight is 339 g/mol. The van der Waals surface area contributed by atoms with E-state index in [0.29, 0.717) is 6.54 Å². The molecule has 24 heavy (non-hydrogen) atoms. The van der Waals surface area contributed by atoms with Crippen molar-refractivity contribution < 1.29 is 0 Å². The minimum Gasteiger partial charge on any atom is -0.366 e. The number of hydrogen-bond donors (Lipinski definition) is 2. The first-order valence-electron chi connectivity index (χ1n) is 7.79. The van der Waals surface area contributed by atoms with Gasteiger partial charge in [0.25, 0.3) is 0 Å². The van der Waals surface area contributed by atoms with Crippen LogP contribution in [0.1, 0.15) is 16.7 Å². The van der Waals surface area contributed by atoms with Gasteiger partial charge in [-0.2, -0.15) is 0 Å². The zero-order valence-corrected chi connectivity index (χ0v) is 14.2. The summed E-state index contributed by atoms with van der Waals surface area (Å²) in [5, 5.41) is 7.37. The Hall–Kier alpha value is -2.59. The molecule has 1 heterocycles. The summed E-state index contributed by atoms with van der Waals surface area (Å²) in [6.45, 7) is 3.53. The number of halogens is 1. The van der Waals surface area contributed by atoms with Gasteiger partial charge >= 0.3 is 0 Å². The highest BCUT2D eigenvalue weighted by molar-refractivity contribution is 6.30. The van der Waals surface area contributed by atoms with E-state index in [1.807, 2.05) is 42.5 Å². The van der Waals surface area contributed by atoms with Gasteiger partial charge in [0, 0.05) is 24.2 Å². The van der Waals surface area contributed by atoms with Gasteiger partial charge in [-0.1, -0.05) is 48.0 Å². The maximum Gasteiger partial charge on any atom is 0.131 e. The van der Waals surface area contributed by atoms with Crippen molar-refractivity contribution in [2.45, 2.75) is 20.0 Å². The third kappa shape index (κ3) is 4.46. The van der Waals surface area contributed by atoms with Crippen LogP contribution in [0.4, 0.5) is 11.6 Å². The van der Waals surface area contributed by atoms with Gasteiger partial charge in [-0.25, -0.2) is 9.97 Å². The second kappa shape index (κ2) is 7.79. The molecule has 0 spiro atoms. The lowest BCUT2D eigenvalue weighted by molar-refractivity contribution is 1.05. The predicted molar refractivity (Wildman–Crippen MR) is 99.3 cm³/mol. The lowest BCUT2D eigenvalue weighted by atomic mass is 10.1. The molecule has 122 valence electrons. The first-order valence-corrected chi connectivity index (χ1v) is 8.17. The Kier molecular flexibility index (Phi) is 5.29. The van der Waals surface area contributed by atoms with Gasteiger partial charge in [-0.3, -0.25) is 0 Å². The molecule has 2 N–H and O–H groups in total. The van der Waals surface area contributed by atoms with Gasteiger partial charge in [0.05, 0.1) is 0 Å². The zero-order chi connectivity index (χ0) is 16.8. The Balaban J connectivity index is 1.59. The normalized spacial score (nSPS) is 10.4. The van der Waals surface area contributed by atoms with E-state index in [-0.39, 0.29) is 0 Å². The molecule has 0 aliphatic rings. The lowest BCUT2D eigenvalue weighted by Crippen LogP contribution is -2.06. The highest BCUT2D eigenvalue weighted by Gasteiger charge is 2.01. The van der Waals surface area contributed by atoms with Crippen LogP contribution >= 0.6 is 11.6 Å². The number of benzene rings is 2. The monoisotopic (exact) mass is 338 g/mol. The van der Waals surface area contributed by atoms with Gasteiger partial charge in [-0.15, -0.1) is 0 Å². The summed E-state index contributed by atoms with van der Waals surface area (Å²) in [6.07, 6.45) is 1.56. The molecule has 0 atom stereocenters. The van der Waals surface area contributed by atoms with Crippen LogP contribution in [0.3, 0.4) is 0 Å². The maximum absolute atomic E-state index is 5.90. The summed E-state index contributed by atoms with van der Waals surface area (Å²) in [6, 6.07) is 18.0. The third-order valence-corrected chi connectivity index (χ3v) is 4.03. The van der Waals surface area contributed by atoms with E-state index in [1.165, 1.54) is 11.1 Å². The fourth-order valence-corrected chi connectivity index (χ4v) is 2.47. The molecule has 1 aromatic heterocycles. The lowest BCUT2D eigenvalue weighted by Gasteiger charge is -2.10. The number of nitrogens with zero attached hydrogens (tertiary/aromatic N) is 2. The number of anilines is 2.